The molecular weight excluding hydrogens is 334 g/mol. The van der Waals surface area contributed by atoms with Crippen LogP contribution in [0.3, 0.4) is 0 Å². The van der Waals surface area contributed by atoms with E-state index < -0.39 is 0 Å². The van der Waals surface area contributed by atoms with Crippen LogP contribution in [0.5, 0.6) is 11.5 Å². The number of nitrogens with one attached hydrogen (secondary N) is 1. The van der Waals surface area contributed by atoms with Gasteiger partial charge >= 0.3 is 0 Å². The minimum Gasteiger partial charge on any atom is -0.493 e. The Labute approximate surface area is 135 Å². The third-order valence-corrected chi connectivity index (χ3v) is 4.48. The molecule has 1 heterocycles. The molecule has 0 amide bonds. The number of benzene rings is 1. The predicted octanol–water partition coefficient (Wildman–Crippen LogP) is 3.52. The minimum atomic E-state index is 0.149. The Balaban J connectivity index is 2.08. The molecule has 21 heavy (non-hydrogen) atoms. The van der Waals surface area contributed by atoms with E-state index in [-0.39, 0.29) is 5.54 Å². The second-order valence-corrected chi connectivity index (χ2v) is 6.42. The number of hydrogen-bond donors (Lipinski definition) is 1. The molecule has 118 valence electrons. The van der Waals surface area contributed by atoms with Crippen LogP contribution in [0.2, 0.25) is 0 Å². The fraction of sp³-hybridized carbons (Fsp3) is 0.625. The molecule has 0 saturated carbocycles. The van der Waals surface area contributed by atoms with Gasteiger partial charge in [0, 0.05) is 25.3 Å². The number of methoxy groups -OCH3 is 1. The molecule has 1 aromatic carbocycles. The van der Waals surface area contributed by atoms with Crippen LogP contribution < -0.4 is 14.8 Å². The highest BCUT2D eigenvalue weighted by atomic mass is 79.9. The Kier molecular flexibility index (Phi) is 5.90. The molecule has 1 aliphatic rings. The summed E-state index contributed by atoms with van der Waals surface area (Å²) in [5, 5.41) is 3.65. The van der Waals surface area contributed by atoms with Gasteiger partial charge in [0.2, 0.25) is 0 Å². The lowest BCUT2D eigenvalue weighted by molar-refractivity contribution is 0.0446. The molecule has 2 rings (SSSR count). The van der Waals surface area contributed by atoms with Crippen LogP contribution in [0.4, 0.5) is 0 Å². The standard InChI is InChI=1S/C16H24BrNO3/c1-4-21-15-13(17)9-12(10-14(15)19-3)11-18-16(2)5-7-20-8-6-16/h9-10,18H,4-8,11H2,1-3H3. The molecule has 0 aliphatic carbocycles. The Morgan fingerprint density at radius 2 is 2.05 bits per heavy atom. The van der Waals surface area contributed by atoms with Crippen molar-refractivity contribution >= 4 is 15.9 Å². The average molecular weight is 358 g/mol. The summed E-state index contributed by atoms with van der Waals surface area (Å²) < 4.78 is 17.4. The van der Waals surface area contributed by atoms with Crippen molar-refractivity contribution in [1.29, 1.82) is 0 Å². The van der Waals surface area contributed by atoms with Crippen molar-refractivity contribution in [2.75, 3.05) is 26.9 Å². The van der Waals surface area contributed by atoms with Gasteiger partial charge in [-0.25, -0.2) is 0 Å². The topological polar surface area (TPSA) is 39.7 Å². The summed E-state index contributed by atoms with van der Waals surface area (Å²) in [7, 11) is 1.67. The summed E-state index contributed by atoms with van der Waals surface area (Å²) in [6.07, 6.45) is 2.09. The van der Waals surface area contributed by atoms with E-state index in [2.05, 4.69) is 34.2 Å². The quantitative estimate of drug-likeness (QED) is 0.845. The lowest BCUT2D eigenvalue weighted by Gasteiger charge is -2.34. The lowest BCUT2D eigenvalue weighted by Crippen LogP contribution is -2.46. The van der Waals surface area contributed by atoms with Gasteiger partial charge in [0.25, 0.3) is 0 Å². The Morgan fingerprint density at radius 1 is 1.33 bits per heavy atom. The summed E-state index contributed by atoms with van der Waals surface area (Å²) in [4.78, 5) is 0. The predicted molar refractivity (Wildman–Crippen MR) is 87.2 cm³/mol. The van der Waals surface area contributed by atoms with Gasteiger partial charge in [-0.15, -0.1) is 0 Å². The fourth-order valence-corrected chi connectivity index (χ4v) is 3.08. The van der Waals surface area contributed by atoms with E-state index in [1.165, 1.54) is 5.56 Å². The Morgan fingerprint density at radius 3 is 2.67 bits per heavy atom. The van der Waals surface area contributed by atoms with E-state index in [1.807, 2.05) is 13.0 Å². The van der Waals surface area contributed by atoms with Crippen LogP contribution >= 0.6 is 15.9 Å². The van der Waals surface area contributed by atoms with Gasteiger partial charge in [-0.3, -0.25) is 0 Å². The molecule has 0 radical (unpaired) electrons. The molecule has 4 nitrogen and oxygen atoms in total. The lowest BCUT2D eigenvalue weighted by atomic mass is 9.92. The van der Waals surface area contributed by atoms with E-state index in [0.717, 1.165) is 48.6 Å². The minimum absolute atomic E-state index is 0.149. The van der Waals surface area contributed by atoms with Crippen LogP contribution in [0.25, 0.3) is 0 Å². The molecule has 0 spiro atoms. The molecule has 1 fully saturated rings. The van der Waals surface area contributed by atoms with Crippen molar-refractivity contribution in [2.24, 2.45) is 0 Å². The third kappa shape index (κ3) is 4.34. The Bertz CT molecular complexity index is 473. The van der Waals surface area contributed by atoms with Crippen molar-refractivity contribution in [1.82, 2.24) is 5.32 Å². The maximum Gasteiger partial charge on any atom is 0.175 e. The zero-order valence-corrected chi connectivity index (χ0v) is 14.6. The maximum atomic E-state index is 5.62. The van der Waals surface area contributed by atoms with Crippen molar-refractivity contribution in [3.63, 3.8) is 0 Å². The van der Waals surface area contributed by atoms with Crippen LogP contribution in [0, 0.1) is 0 Å². The number of ether oxygens (including phenoxy) is 3. The van der Waals surface area contributed by atoms with Gasteiger partial charge in [0.1, 0.15) is 0 Å². The third-order valence-electron chi connectivity index (χ3n) is 3.89. The zero-order chi connectivity index (χ0) is 15.3. The highest BCUT2D eigenvalue weighted by Gasteiger charge is 2.26. The molecule has 1 N–H and O–H groups in total. The first-order valence-corrected chi connectivity index (χ1v) is 8.19. The van der Waals surface area contributed by atoms with Crippen LogP contribution in [0.15, 0.2) is 16.6 Å². The highest BCUT2D eigenvalue weighted by Crippen LogP contribution is 2.36. The molecule has 1 aromatic rings. The molecule has 0 bridgehead atoms. The second kappa shape index (κ2) is 7.47. The first-order valence-electron chi connectivity index (χ1n) is 7.40. The van der Waals surface area contributed by atoms with E-state index in [0.29, 0.717) is 6.61 Å². The van der Waals surface area contributed by atoms with Gasteiger partial charge in [0.15, 0.2) is 11.5 Å². The van der Waals surface area contributed by atoms with Gasteiger partial charge < -0.3 is 19.5 Å². The zero-order valence-electron chi connectivity index (χ0n) is 13.0. The SMILES string of the molecule is CCOc1c(Br)cc(CNC2(C)CCOCC2)cc1OC. The van der Waals surface area contributed by atoms with Crippen molar-refractivity contribution in [2.45, 2.75) is 38.8 Å². The molecule has 1 saturated heterocycles. The summed E-state index contributed by atoms with van der Waals surface area (Å²) in [6, 6.07) is 4.12. The van der Waals surface area contributed by atoms with Crippen molar-refractivity contribution in [3.8, 4) is 11.5 Å². The van der Waals surface area contributed by atoms with E-state index in [4.69, 9.17) is 14.2 Å². The smallest absolute Gasteiger partial charge is 0.175 e. The van der Waals surface area contributed by atoms with Gasteiger partial charge in [-0.05, 0) is 60.3 Å². The first kappa shape index (κ1) is 16.6. The Hall–Kier alpha value is -0.780. The summed E-state index contributed by atoms with van der Waals surface area (Å²) in [5.74, 6) is 1.53. The van der Waals surface area contributed by atoms with Gasteiger partial charge in [-0.1, -0.05) is 0 Å². The molecule has 1 aliphatic heterocycles. The highest BCUT2D eigenvalue weighted by molar-refractivity contribution is 9.10. The van der Waals surface area contributed by atoms with E-state index in [1.54, 1.807) is 7.11 Å². The largest absolute Gasteiger partial charge is 0.493 e. The van der Waals surface area contributed by atoms with Gasteiger partial charge in [0.05, 0.1) is 18.2 Å². The van der Waals surface area contributed by atoms with Crippen molar-refractivity contribution < 1.29 is 14.2 Å². The summed E-state index contributed by atoms with van der Waals surface area (Å²) >= 11 is 3.57. The van der Waals surface area contributed by atoms with Crippen LogP contribution in [-0.4, -0.2) is 32.5 Å². The molecule has 5 heteroatoms. The molecular formula is C16H24BrNO3. The van der Waals surface area contributed by atoms with Crippen molar-refractivity contribution in [3.05, 3.63) is 22.2 Å². The average Bonchev–Trinajstić information content (AvgIpc) is 2.48. The summed E-state index contributed by atoms with van der Waals surface area (Å²) in [6.45, 7) is 7.31. The normalized spacial score (nSPS) is 17.5. The fourth-order valence-electron chi connectivity index (χ4n) is 2.47. The number of halogens is 1. The maximum absolute atomic E-state index is 5.62. The van der Waals surface area contributed by atoms with E-state index >= 15 is 0 Å². The first-order chi connectivity index (χ1) is 10.1. The summed E-state index contributed by atoms with van der Waals surface area (Å²) in [5.41, 5.74) is 1.33. The number of hydrogen-bond acceptors (Lipinski definition) is 4. The second-order valence-electron chi connectivity index (χ2n) is 5.57. The van der Waals surface area contributed by atoms with Crippen LogP contribution in [0.1, 0.15) is 32.3 Å². The molecule has 0 unspecified atom stereocenters. The molecule has 0 aromatic heterocycles. The number of rotatable bonds is 6. The van der Waals surface area contributed by atoms with Crippen LogP contribution in [-0.2, 0) is 11.3 Å². The molecule has 0 atom stereocenters. The monoisotopic (exact) mass is 357 g/mol. The van der Waals surface area contributed by atoms with Gasteiger partial charge in [-0.2, -0.15) is 0 Å². The van der Waals surface area contributed by atoms with E-state index in [9.17, 15) is 0 Å².